The summed E-state index contributed by atoms with van der Waals surface area (Å²) in [7, 11) is 0. The van der Waals surface area contributed by atoms with Crippen LogP contribution < -0.4 is 5.32 Å². The molecule has 19 heavy (non-hydrogen) atoms. The van der Waals surface area contributed by atoms with E-state index in [4.69, 9.17) is 0 Å². The first-order chi connectivity index (χ1) is 9.25. The fourth-order valence-corrected chi connectivity index (χ4v) is 2.50. The first kappa shape index (κ1) is 13.7. The first-order valence-corrected chi connectivity index (χ1v) is 7.26. The van der Waals surface area contributed by atoms with Gasteiger partial charge in [-0.3, -0.25) is 4.79 Å². The maximum Gasteiger partial charge on any atom is 0.230 e. The minimum absolute atomic E-state index is 0.0464. The summed E-state index contributed by atoms with van der Waals surface area (Å²) in [5.74, 6) is 0.506. The molecule has 0 aliphatic carbocycles. The van der Waals surface area contributed by atoms with Crippen LogP contribution in [0.2, 0.25) is 0 Å². The highest BCUT2D eigenvalue weighted by Gasteiger charge is 2.09. The molecule has 0 aliphatic rings. The summed E-state index contributed by atoms with van der Waals surface area (Å²) in [6, 6.07) is 20.0. The Morgan fingerprint density at radius 1 is 1.05 bits per heavy atom. The van der Waals surface area contributed by atoms with Gasteiger partial charge in [0, 0.05) is 4.90 Å². The molecule has 0 heterocycles. The van der Waals surface area contributed by atoms with Gasteiger partial charge in [-0.15, -0.1) is 11.8 Å². The van der Waals surface area contributed by atoms with Gasteiger partial charge in [-0.25, -0.2) is 0 Å². The molecule has 0 fully saturated rings. The molecule has 3 heteroatoms. The number of rotatable bonds is 5. The molecule has 0 aliphatic heterocycles. The minimum atomic E-state index is 0.0464. The van der Waals surface area contributed by atoms with Crippen LogP contribution in [-0.2, 0) is 4.79 Å². The molecule has 1 atom stereocenters. The smallest absolute Gasteiger partial charge is 0.230 e. The molecule has 0 unspecified atom stereocenters. The highest BCUT2D eigenvalue weighted by Crippen LogP contribution is 2.17. The highest BCUT2D eigenvalue weighted by molar-refractivity contribution is 8.00. The maximum atomic E-state index is 11.9. The zero-order valence-electron chi connectivity index (χ0n) is 10.9. The maximum absolute atomic E-state index is 11.9. The van der Waals surface area contributed by atoms with Crippen LogP contribution in [0.15, 0.2) is 65.6 Å². The van der Waals surface area contributed by atoms with E-state index in [1.165, 1.54) is 0 Å². The van der Waals surface area contributed by atoms with Gasteiger partial charge in [0.15, 0.2) is 0 Å². The molecule has 2 aromatic carbocycles. The molecule has 0 saturated carbocycles. The summed E-state index contributed by atoms with van der Waals surface area (Å²) in [6.07, 6.45) is 0. The molecule has 0 saturated heterocycles. The number of thioether (sulfide) groups is 1. The molecule has 98 valence electrons. The van der Waals surface area contributed by atoms with Crippen molar-refractivity contribution >= 4 is 17.7 Å². The van der Waals surface area contributed by atoms with Gasteiger partial charge < -0.3 is 5.32 Å². The molecule has 0 spiro atoms. The summed E-state index contributed by atoms with van der Waals surface area (Å²) in [5.41, 5.74) is 1.13. The number of carbonyl (C=O) groups excluding carboxylic acids is 1. The zero-order chi connectivity index (χ0) is 13.5. The Labute approximate surface area is 118 Å². The van der Waals surface area contributed by atoms with Gasteiger partial charge in [0.05, 0.1) is 11.8 Å². The summed E-state index contributed by atoms with van der Waals surface area (Å²) in [5, 5.41) is 3.01. The second-order valence-corrected chi connectivity index (χ2v) is 5.35. The Kier molecular flexibility index (Phi) is 5.04. The van der Waals surface area contributed by atoms with E-state index in [0.29, 0.717) is 5.75 Å². The number of hydrogen-bond acceptors (Lipinski definition) is 2. The molecule has 1 N–H and O–H groups in total. The van der Waals surface area contributed by atoms with E-state index in [1.54, 1.807) is 11.8 Å². The van der Waals surface area contributed by atoms with Crippen LogP contribution in [0.3, 0.4) is 0 Å². The Morgan fingerprint density at radius 2 is 1.63 bits per heavy atom. The number of nitrogens with one attached hydrogen (secondary N) is 1. The molecule has 2 nitrogen and oxygen atoms in total. The van der Waals surface area contributed by atoms with Crippen molar-refractivity contribution in [2.24, 2.45) is 0 Å². The standard InChI is InChI=1S/C16H17NOS/c1-13(14-8-4-2-5-9-14)17-16(18)12-19-15-10-6-3-7-11-15/h2-11,13H,12H2,1H3,(H,17,18)/t13-/m1/s1. The zero-order valence-corrected chi connectivity index (χ0v) is 11.7. The third kappa shape index (κ3) is 4.45. The lowest BCUT2D eigenvalue weighted by atomic mass is 10.1. The lowest BCUT2D eigenvalue weighted by Crippen LogP contribution is -2.28. The van der Waals surface area contributed by atoms with Crippen molar-refractivity contribution in [3.05, 3.63) is 66.2 Å². The van der Waals surface area contributed by atoms with Gasteiger partial charge in [0.25, 0.3) is 0 Å². The lowest BCUT2D eigenvalue weighted by Gasteiger charge is -2.14. The van der Waals surface area contributed by atoms with Crippen LogP contribution in [0.25, 0.3) is 0 Å². The van der Waals surface area contributed by atoms with Gasteiger partial charge in [0.1, 0.15) is 0 Å². The van der Waals surface area contributed by atoms with E-state index in [2.05, 4.69) is 5.32 Å². The number of amides is 1. The molecule has 0 bridgehead atoms. The van der Waals surface area contributed by atoms with Crippen LogP contribution in [0.5, 0.6) is 0 Å². The predicted octanol–water partition coefficient (Wildman–Crippen LogP) is 3.66. The first-order valence-electron chi connectivity index (χ1n) is 6.28. The van der Waals surface area contributed by atoms with Crippen molar-refractivity contribution in [1.82, 2.24) is 5.32 Å². The number of benzene rings is 2. The van der Waals surface area contributed by atoms with E-state index in [-0.39, 0.29) is 11.9 Å². The van der Waals surface area contributed by atoms with Gasteiger partial charge in [-0.2, -0.15) is 0 Å². The van der Waals surface area contributed by atoms with Crippen LogP contribution in [0.1, 0.15) is 18.5 Å². The fraction of sp³-hybridized carbons (Fsp3) is 0.188. The van der Waals surface area contributed by atoms with Crippen LogP contribution in [-0.4, -0.2) is 11.7 Å². The average molecular weight is 271 g/mol. The van der Waals surface area contributed by atoms with E-state index < -0.39 is 0 Å². The van der Waals surface area contributed by atoms with Gasteiger partial charge in [-0.1, -0.05) is 48.5 Å². The quantitative estimate of drug-likeness (QED) is 0.841. The highest BCUT2D eigenvalue weighted by atomic mass is 32.2. The molecule has 1 amide bonds. The average Bonchev–Trinajstić information content (AvgIpc) is 2.47. The predicted molar refractivity (Wildman–Crippen MR) is 80.2 cm³/mol. The molecular formula is C16H17NOS. The lowest BCUT2D eigenvalue weighted by molar-refractivity contribution is -0.119. The monoisotopic (exact) mass is 271 g/mol. The fourth-order valence-electron chi connectivity index (χ4n) is 1.77. The third-order valence-corrected chi connectivity index (χ3v) is 3.80. The Bertz CT molecular complexity index is 513. The van der Waals surface area contributed by atoms with Crippen molar-refractivity contribution in [2.45, 2.75) is 17.9 Å². The Morgan fingerprint density at radius 3 is 2.26 bits per heavy atom. The van der Waals surface area contributed by atoms with E-state index >= 15 is 0 Å². The molecule has 0 radical (unpaired) electrons. The third-order valence-electron chi connectivity index (χ3n) is 2.79. The number of hydrogen-bond donors (Lipinski definition) is 1. The second kappa shape index (κ2) is 7.00. The van der Waals surface area contributed by atoms with Crippen molar-refractivity contribution in [1.29, 1.82) is 0 Å². The van der Waals surface area contributed by atoms with Crippen molar-refractivity contribution in [3.8, 4) is 0 Å². The van der Waals surface area contributed by atoms with Gasteiger partial charge >= 0.3 is 0 Å². The number of carbonyl (C=O) groups is 1. The van der Waals surface area contributed by atoms with Crippen molar-refractivity contribution in [3.63, 3.8) is 0 Å². The molecule has 2 rings (SSSR count). The Balaban J connectivity index is 1.82. The summed E-state index contributed by atoms with van der Waals surface area (Å²) >= 11 is 1.55. The van der Waals surface area contributed by atoms with E-state index in [1.807, 2.05) is 67.6 Å². The summed E-state index contributed by atoms with van der Waals surface area (Å²) in [6.45, 7) is 2.00. The Hall–Kier alpha value is -1.74. The molecule has 2 aromatic rings. The second-order valence-electron chi connectivity index (χ2n) is 4.30. The van der Waals surface area contributed by atoms with Crippen LogP contribution >= 0.6 is 11.8 Å². The van der Waals surface area contributed by atoms with Crippen LogP contribution in [0, 0.1) is 0 Å². The van der Waals surface area contributed by atoms with Gasteiger partial charge in [-0.05, 0) is 24.6 Å². The normalized spacial score (nSPS) is 11.8. The van der Waals surface area contributed by atoms with E-state index in [9.17, 15) is 4.79 Å². The molecular weight excluding hydrogens is 254 g/mol. The topological polar surface area (TPSA) is 29.1 Å². The van der Waals surface area contributed by atoms with Crippen molar-refractivity contribution in [2.75, 3.05) is 5.75 Å². The van der Waals surface area contributed by atoms with Crippen molar-refractivity contribution < 1.29 is 4.79 Å². The minimum Gasteiger partial charge on any atom is -0.349 e. The summed E-state index contributed by atoms with van der Waals surface area (Å²) < 4.78 is 0. The van der Waals surface area contributed by atoms with Crippen LogP contribution in [0.4, 0.5) is 0 Å². The summed E-state index contributed by atoms with van der Waals surface area (Å²) in [4.78, 5) is 13.0. The molecule has 0 aromatic heterocycles. The largest absolute Gasteiger partial charge is 0.349 e. The van der Waals surface area contributed by atoms with E-state index in [0.717, 1.165) is 10.5 Å². The SMILES string of the molecule is C[C@@H](NC(=O)CSc1ccccc1)c1ccccc1. The van der Waals surface area contributed by atoms with Gasteiger partial charge in [0.2, 0.25) is 5.91 Å².